The molecule has 0 fully saturated rings. The predicted octanol–water partition coefficient (Wildman–Crippen LogP) is 17.7. The molecule has 2 heteroatoms. The Morgan fingerprint density at radius 2 is 0.773 bits per heavy atom. The molecule has 0 bridgehead atoms. The van der Waals surface area contributed by atoms with Crippen LogP contribution in [0.25, 0.3) is 93.9 Å². The quantitative estimate of drug-likeness (QED) is 0.141. The summed E-state index contributed by atoms with van der Waals surface area (Å²) in [6.45, 7) is 0. The third-order valence-electron chi connectivity index (χ3n) is 13.0. The summed E-state index contributed by atoms with van der Waals surface area (Å²) in [5.41, 5.74) is 18.4. The summed E-state index contributed by atoms with van der Waals surface area (Å²) >= 11 is 0. The van der Waals surface area contributed by atoms with Crippen LogP contribution in [0, 0.1) is 0 Å². The van der Waals surface area contributed by atoms with E-state index in [2.05, 4.69) is 276 Å². The van der Waals surface area contributed by atoms with Gasteiger partial charge in [0.2, 0.25) is 0 Å². The molecule has 0 aliphatic carbocycles. The molecule has 1 aromatic heterocycles. The summed E-state index contributed by atoms with van der Waals surface area (Å²) in [6, 6.07) is 97.0. The molecule has 0 unspecified atom stereocenters. The van der Waals surface area contributed by atoms with E-state index in [9.17, 15) is 0 Å². The van der Waals surface area contributed by atoms with Gasteiger partial charge in [-0.3, -0.25) is 0 Å². The number of fused-ring (bicyclic) bond motifs is 4. The number of nitrogens with zero attached hydrogens (tertiary/aromatic N) is 2. The van der Waals surface area contributed by atoms with Crippen LogP contribution >= 0.6 is 0 Å². The Morgan fingerprint density at radius 3 is 1.53 bits per heavy atom. The van der Waals surface area contributed by atoms with Gasteiger partial charge in [-0.1, -0.05) is 212 Å². The number of aromatic nitrogens is 1. The SMILES string of the molecule is c1ccc(-c2cccc(N(c3ccc(-c4ccccc4-n4c5ccccc5c5ccccc54)c(-c4ccccc4)c3)c3ccccc3-c3ccc(-c4ccc5ccccc5c4)cc3)c2)cc1. The highest BCUT2D eigenvalue weighted by Gasteiger charge is 2.22. The third-order valence-corrected chi connectivity index (χ3v) is 13.0. The number of hydrogen-bond acceptors (Lipinski definition) is 1. The predicted molar refractivity (Wildman–Crippen MR) is 280 cm³/mol. The molecule has 12 rings (SSSR count). The summed E-state index contributed by atoms with van der Waals surface area (Å²) in [6.07, 6.45) is 0. The van der Waals surface area contributed by atoms with E-state index in [-0.39, 0.29) is 0 Å². The van der Waals surface area contributed by atoms with Gasteiger partial charge >= 0.3 is 0 Å². The van der Waals surface area contributed by atoms with Crippen LogP contribution in [0.4, 0.5) is 17.1 Å². The first-order chi connectivity index (χ1) is 32.7. The topological polar surface area (TPSA) is 8.17 Å². The lowest BCUT2D eigenvalue weighted by atomic mass is 9.92. The zero-order chi connectivity index (χ0) is 43.8. The molecule has 0 N–H and O–H groups in total. The van der Waals surface area contributed by atoms with Gasteiger partial charge in [0.1, 0.15) is 0 Å². The smallest absolute Gasteiger partial charge is 0.0541 e. The van der Waals surface area contributed by atoms with Gasteiger partial charge in [0.25, 0.3) is 0 Å². The maximum absolute atomic E-state index is 2.44. The Labute approximate surface area is 385 Å². The van der Waals surface area contributed by atoms with Crippen molar-refractivity contribution in [3.63, 3.8) is 0 Å². The van der Waals surface area contributed by atoms with E-state index in [4.69, 9.17) is 0 Å². The van der Waals surface area contributed by atoms with E-state index in [1.54, 1.807) is 0 Å². The van der Waals surface area contributed by atoms with Gasteiger partial charge in [-0.25, -0.2) is 0 Å². The van der Waals surface area contributed by atoms with Gasteiger partial charge in [-0.2, -0.15) is 0 Å². The van der Waals surface area contributed by atoms with Gasteiger partial charge in [0.15, 0.2) is 0 Å². The van der Waals surface area contributed by atoms with Crippen molar-refractivity contribution in [3.8, 4) is 61.3 Å². The van der Waals surface area contributed by atoms with Crippen LogP contribution < -0.4 is 4.90 Å². The Hall–Kier alpha value is -8.72. The second-order valence-electron chi connectivity index (χ2n) is 16.9. The molecule has 0 atom stereocenters. The maximum atomic E-state index is 2.44. The maximum Gasteiger partial charge on any atom is 0.0541 e. The summed E-state index contributed by atoms with van der Waals surface area (Å²) < 4.78 is 2.44. The number of benzene rings is 11. The molecule has 0 saturated carbocycles. The second-order valence-corrected chi connectivity index (χ2v) is 16.9. The van der Waals surface area contributed by atoms with Gasteiger partial charge in [-0.15, -0.1) is 0 Å². The summed E-state index contributed by atoms with van der Waals surface area (Å²) in [5, 5.41) is 4.99. The van der Waals surface area contributed by atoms with E-state index in [1.165, 1.54) is 54.8 Å². The summed E-state index contributed by atoms with van der Waals surface area (Å²) in [4.78, 5) is 2.44. The highest BCUT2D eigenvalue weighted by Crippen LogP contribution is 2.46. The minimum Gasteiger partial charge on any atom is -0.310 e. The molecule has 1 heterocycles. The van der Waals surface area contributed by atoms with Crippen molar-refractivity contribution in [2.45, 2.75) is 0 Å². The lowest BCUT2D eigenvalue weighted by molar-refractivity contribution is 1.18. The van der Waals surface area contributed by atoms with Crippen LogP contribution in [0.15, 0.2) is 267 Å². The number of rotatable bonds is 9. The minimum atomic E-state index is 1.07. The Morgan fingerprint density at radius 1 is 0.258 bits per heavy atom. The van der Waals surface area contributed by atoms with E-state index in [0.29, 0.717) is 0 Å². The fourth-order valence-electron chi connectivity index (χ4n) is 9.85. The van der Waals surface area contributed by atoms with Crippen LogP contribution in [0.2, 0.25) is 0 Å². The van der Waals surface area contributed by atoms with Crippen molar-refractivity contribution in [1.29, 1.82) is 0 Å². The molecule has 0 saturated heterocycles. The Bertz CT molecular complexity index is 3640. The van der Waals surface area contributed by atoms with Gasteiger partial charge in [0.05, 0.1) is 22.4 Å². The zero-order valence-corrected chi connectivity index (χ0v) is 36.3. The molecule has 0 aliphatic rings. The van der Waals surface area contributed by atoms with Gasteiger partial charge in [-0.05, 0) is 110 Å². The molecule has 11 aromatic carbocycles. The fraction of sp³-hybridized carbons (Fsp3) is 0. The monoisotopic (exact) mass is 840 g/mol. The summed E-state index contributed by atoms with van der Waals surface area (Å²) in [5.74, 6) is 0. The van der Waals surface area contributed by atoms with Crippen molar-refractivity contribution in [1.82, 2.24) is 4.57 Å². The largest absolute Gasteiger partial charge is 0.310 e. The first-order valence-corrected chi connectivity index (χ1v) is 22.7. The van der Waals surface area contributed by atoms with Crippen LogP contribution in [-0.2, 0) is 0 Å². The molecule has 0 aliphatic heterocycles. The van der Waals surface area contributed by atoms with E-state index in [0.717, 1.165) is 56.1 Å². The van der Waals surface area contributed by atoms with Crippen molar-refractivity contribution in [2.24, 2.45) is 0 Å². The van der Waals surface area contributed by atoms with Crippen LogP contribution in [0.3, 0.4) is 0 Å². The lowest BCUT2D eigenvalue weighted by Crippen LogP contribution is -2.12. The van der Waals surface area contributed by atoms with E-state index in [1.807, 2.05) is 0 Å². The minimum absolute atomic E-state index is 1.07. The standard InChI is InChI=1S/C64H44N2/c1-3-18-45(19-4-1)51-24-17-25-53(43-51)65(61-30-13-9-26-55(61)49-37-34-47(35-38-49)52-39-36-46-20-7-8-23-50(46)42-52)54-40-41-56(60(44-54)48-21-5-2-6-22-48)57-27-10-14-31-62(57)66-63-32-15-11-28-58(63)59-29-12-16-33-64(59)66/h1-44H. The van der Waals surface area contributed by atoms with Crippen LogP contribution in [0.5, 0.6) is 0 Å². The number of anilines is 3. The van der Waals surface area contributed by atoms with E-state index < -0.39 is 0 Å². The van der Waals surface area contributed by atoms with Gasteiger partial charge in [0, 0.05) is 33.3 Å². The lowest BCUT2D eigenvalue weighted by Gasteiger charge is -2.29. The average Bonchev–Trinajstić information content (AvgIpc) is 3.73. The first-order valence-electron chi connectivity index (χ1n) is 22.7. The van der Waals surface area contributed by atoms with Crippen molar-refractivity contribution < 1.29 is 0 Å². The first kappa shape index (κ1) is 38.9. The van der Waals surface area contributed by atoms with Crippen molar-refractivity contribution in [3.05, 3.63) is 267 Å². The third kappa shape index (κ3) is 7.02. The van der Waals surface area contributed by atoms with E-state index >= 15 is 0 Å². The normalized spacial score (nSPS) is 11.3. The Kier molecular flexibility index (Phi) is 9.89. The molecular weight excluding hydrogens is 797 g/mol. The average molecular weight is 841 g/mol. The molecule has 310 valence electrons. The molecule has 12 aromatic rings. The fourth-order valence-corrected chi connectivity index (χ4v) is 9.85. The highest BCUT2D eigenvalue weighted by molar-refractivity contribution is 6.10. The molecule has 66 heavy (non-hydrogen) atoms. The van der Waals surface area contributed by atoms with Crippen molar-refractivity contribution >= 4 is 49.6 Å². The zero-order valence-electron chi connectivity index (χ0n) is 36.3. The summed E-state index contributed by atoms with van der Waals surface area (Å²) in [7, 11) is 0. The molecule has 0 radical (unpaired) electrons. The number of hydrogen-bond donors (Lipinski definition) is 0. The van der Waals surface area contributed by atoms with Crippen molar-refractivity contribution in [2.75, 3.05) is 4.90 Å². The van der Waals surface area contributed by atoms with Gasteiger partial charge < -0.3 is 9.47 Å². The second kappa shape index (κ2) is 16.8. The molecule has 0 amide bonds. The molecular formula is C64H44N2. The van der Waals surface area contributed by atoms with Crippen LogP contribution in [0.1, 0.15) is 0 Å². The van der Waals surface area contributed by atoms with Crippen LogP contribution in [-0.4, -0.2) is 4.57 Å². The molecule has 2 nitrogen and oxygen atoms in total. The Balaban J connectivity index is 1.04. The highest BCUT2D eigenvalue weighted by atomic mass is 15.1. The number of para-hydroxylation sites is 4. The molecule has 0 spiro atoms.